The standard InChI is InChI=1S/C23H18ClFN6O.C20H23FN4O3.C8H4Cl2N2.C8H5ClN2O.C7H6ClNO2.C7H8ClNO.C7H6ClNO.C2HF3O2.Cl3OP/c1-26-22(32)17-5-3-13(8-18(17)25)20-21(28-7-6-27-20)15-11-31(12-15)23-29-10-14-2-4-16(24)9-19(14)30-23;1-20(2,3)28-19(27)25-10-13(11-25)17-16(23-7-8-24-17)12-5-6-14(15(21)9-12)18(26)22-4;9-6-2-1-5-4-11-8(10)12-7(5)3-6;9-6-2-1-5-4-10-8(12)11-7(5)3-6;8-4-1-2-5(7(10)11)6(9)3-4;2*8-6-2-1-5(4-10)7(9)3-6;3-2(4,5)1(6)7;1-5(2,3)4/h2-10,15H,11-12H2,1H3,(H,26,32);5-9,13H,10-11H2,1-4H3,(H,22,26);1-4H;1-4H,(H,10,11,12);1-3H,9H2,(H,10,11);1-3,10H,4,9H2;1-4H,9H2;(H,6,7);. The molecule has 2 fully saturated rings. The number of hydrogen-bond acceptors (Lipinski definition) is 23. The Labute approximate surface area is 768 Å². The number of carbonyl (C=O) groups excluding carboxylic acids is 4. The second kappa shape index (κ2) is 47.3. The number of aromatic amines is 1. The molecule has 45 heteroatoms. The summed E-state index contributed by atoms with van der Waals surface area (Å²) in [7, 11) is 2.91. The van der Waals surface area contributed by atoms with Gasteiger partial charge in [0.05, 0.1) is 62.6 Å². The van der Waals surface area contributed by atoms with E-state index in [4.69, 9.17) is 123 Å². The smallest absolute Gasteiger partial charge is 0.478 e. The quantitative estimate of drug-likeness (QED) is 0.0202. The number of carboxylic acid groups (broad SMARTS) is 2. The van der Waals surface area contributed by atoms with Crippen LogP contribution in [0.3, 0.4) is 0 Å². The van der Waals surface area contributed by atoms with Crippen LogP contribution in [0, 0.1) is 11.6 Å². The number of carboxylic acids is 2. The highest BCUT2D eigenvalue weighted by Crippen LogP contribution is 2.61. The number of benzene rings is 8. The van der Waals surface area contributed by atoms with Crippen LogP contribution in [0.2, 0.25) is 35.4 Å². The van der Waals surface area contributed by atoms with E-state index in [9.17, 15) is 55.3 Å². The number of ether oxygens (including phenoxy) is 1. The maximum atomic E-state index is 14.5. The number of fused-ring (bicyclic) bond motifs is 3. The summed E-state index contributed by atoms with van der Waals surface area (Å²) in [5.41, 5.74) is 23.7. The van der Waals surface area contributed by atoms with E-state index < -0.39 is 52.4 Å². The molecule has 3 amide bonds. The first-order valence-electron chi connectivity index (χ1n) is 36.2. The van der Waals surface area contributed by atoms with Crippen molar-refractivity contribution in [1.82, 2.24) is 65.4 Å². The van der Waals surface area contributed by atoms with Crippen molar-refractivity contribution < 1.29 is 75.3 Å². The molecule has 0 atom stereocenters. The molecular weight excluding hydrogens is 1900 g/mol. The summed E-state index contributed by atoms with van der Waals surface area (Å²) in [4.78, 5) is 120. The Morgan fingerprint density at radius 1 is 0.551 bits per heavy atom. The number of carbonyl (C=O) groups is 6. The molecule has 0 radical (unpaired) electrons. The number of nitrogen functional groups attached to an aromatic ring is 3. The van der Waals surface area contributed by atoms with Crippen LogP contribution < -0.4 is 38.4 Å². The van der Waals surface area contributed by atoms with Crippen molar-refractivity contribution in [2.75, 3.05) is 62.4 Å². The number of nitrogens with two attached hydrogens (primary N) is 3. The Bertz CT molecular complexity index is 6200. The minimum Gasteiger partial charge on any atom is -0.478 e. The summed E-state index contributed by atoms with van der Waals surface area (Å²) in [6.45, 7) is 7.66. The molecule has 0 aliphatic carbocycles. The van der Waals surface area contributed by atoms with E-state index in [0.717, 1.165) is 32.9 Å². The highest BCUT2D eigenvalue weighted by Gasteiger charge is 2.39. The van der Waals surface area contributed by atoms with Gasteiger partial charge < -0.3 is 62.7 Å². The first kappa shape index (κ1) is 103. The lowest BCUT2D eigenvalue weighted by Gasteiger charge is -2.39. The number of aliphatic hydroxyl groups excluding tert-OH is 1. The van der Waals surface area contributed by atoms with E-state index in [0.29, 0.717) is 125 Å². The maximum Gasteiger partial charge on any atom is 0.490 e. The van der Waals surface area contributed by atoms with Crippen LogP contribution in [0.15, 0.2) is 194 Å². The fraction of sp³-hybridized carbons (Fsp3) is 0.171. The van der Waals surface area contributed by atoms with Gasteiger partial charge in [-0.2, -0.15) is 13.2 Å². The molecule has 2 saturated heterocycles. The number of nitrogens with zero attached hydrogens (tertiary/aromatic N) is 11. The van der Waals surface area contributed by atoms with E-state index >= 15 is 0 Å². The van der Waals surface area contributed by atoms with E-state index in [1.54, 1.807) is 115 Å². The van der Waals surface area contributed by atoms with E-state index in [2.05, 4.69) is 99.1 Å². The number of anilines is 4. The molecule has 0 bridgehead atoms. The highest BCUT2D eigenvalue weighted by atomic mass is 36.0. The van der Waals surface area contributed by atoms with Crippen LogP contribution in [-0.4, -0.2) is 158 Å². The first-order valence-corrected chi connectivity index (χ1v) is 43.3. The molecule has 29 nitrogen and oxygen atoms in total. The van der Waals surface area contributed by atoms with Gasteiger partial charge in [0.15, 0.2) is 6.29 Å². The number of aliphatic carboxylic acids is 1. The van der Waals surface area contributed by atoms with Gasteiger partial charge in [0.1, 0.15) is 17.2 Å². The van der Waals surface area contributed by atoms with Crippen molar-refractivity contribution in [3.05, 3.63) is 286 Å². The van der Waals surface area contributed by atoms with E-state index in [1.807, 2.05) is 45.0 Å². The van der Waals surface area contributed by atoms with Crippen molar-refractivity contribution in [3.8, 4) is 22.5 Å². The number of nitrogens with one attached hydrogen (secondary N) is 3. The van der Waals surface area contributed by atoms with Gasteiger partial charge in [0.25, 0.3) is 11.8 Å². The van der Waals surface area contributed by atoms with Crippen molar-refractivity contribution >= 4 is 212 Å². The number of hydrogen-bond donors (Lipinski definition) is 9. The van der Waals surface area contributed by atoms with Crippen LogP contribution in [0.5, 0.6) is 0 Å². The van der Waals surface area contributed by atoms with Crippen LogP contribution in [0.25, 0.3) is 55.2 Å². The molecule has 2 aliphatic rings. The molecule has 7 heterocycles. The SMILES string of the molecule is CNC(=O)c1ccc(-c2nccnc2C2CN(C(=O)OC(C)(C)C)C2)cc1F.CNC(=O)c1ccc(-c2nccnc2C2CN(c3ncc4ccc(Cl)cc4n3)C2)cc1F.Clc1ccc2cnc(Cl)nc2c1.Nc1cc(Cl)ccc1C(=O)O.Nc1cc(Cl)ccc1C=O.Nc1cc(Cl)ccc1CO.O=C(O)C(F)(F)F.O=P(Cl)(Cl)Cl.O=c1ncc2ccc(Cl)cc2[nH]1. The molecule has 13 aromatic rings. The van der Waals surface area contributed by atoms with Crippen molar-refractivity contribution in [3.63, 3.8) is 0 Å². The number of aldehydes is 1. The van der Waals surface area contributed by atoms with Gasteiger partial charge in [-0.1, -0.05) is 87.8 Å². The Morgan fingerprint density at radius 2 is 0.969 bits per heavy atom. The lowest BCUT2D eigenvalue weighted by Crippen LogP contribution is -2.50. The molecule has 15 rings (SSSR count). The predicted molar refractivity (Wildman–Crippen MR) is 483 cm³/mol. The summed E-state index contributed by atoms with van der Waals surface area (Å²) < 4.78 is 75.5. The number of aliphatic hydroxyl groups is 1. The van der Waals surface area contributed by atoms with Gasteiger partial charge in [-0.15, -0.1) is 0 Å². The minimum atomic E-state index is -5.08. The van der Waals surface area contributed by atoms with E-state index in [1.165, 1.54) is 69.0 Å². The number of alkyl halides is 3. The van der Waals surface area contributed by atoms with E-state index in [-0.39, 0.29) is 57.9 Å². The van der Waals surface area contributed by atoms with Gasteiger partial charge in [0, 0.05) is 181 Å². The number of likely N-dealkylation sites (tertiary alicyclic amines) is 1. The Balaban J connectivity index is 0.000000209. The minimum absolute atomic E-state index is 0.00920. The third-order valence-electron chi connectivity index (χ3n) is 16.9. The zero-order valence-corrected chi connectivity index (χ0v) is 74.9. The Kier molecular flexibility index (Phi) is 38.2. The molecule has 127 heavy (non-hydrogen) atoms. The third kappa shape index (κ3) is 32.1. The number of aromatic nitrogens is 10. The van der Waals surface area contributed by atoms with Gasteiger partial charge in [-0.05, 0) is 193 Å². The normalized spacial score (nSPS) is 12.0. The van der Waals surface area contributed by atoms with Crippen LogP contribution in [0.4, 0.5) is 49.8 Å². The monoisotopic (exact) mass is 1960 g/mol. The van der Waals surface area contributed by atoms with Crippen LogP contribution >= 0.6 is 120 Å². The largest absolute Gasteiger partial charge is 0.490 e. The first-order chi connectivity index (χ1) is 59.8. The summed E-state index contributed by atoms with van der Waals surface area (Å²) >= 11 is 53.8. The second-order valence-electron chi connectivity index (χ2n) is 27.1. The van der Waals surface area contributed by atoms with Gasteiger partial charge >= 0.3 is 35.1 Å². The maximum absolute atomic E-state index is 14.5. The summed E-state index contributed by atoms with van der Waals surface area (Å²) in [5.74, 6) is -5.28. The summed E-state index contributed by atoms with van der Waals surface area (Å²) in [5, 5.41) is 32.4. The van der Waals surface area contributed by atoms with Crippen LogP contribution in [0.1, 0.15) is 91.0 Å². The average Bonchev–Trinajstić information content (AvgIpc) is 0.762. The third-order valence-corrected chi connectivity index (χ3v) is 18.5. The number of aromatic carboxylic acids is 1. The zero-order chi connectivity index (χ0) is 93.9. The Morgan fingerprint density at radius 3 is 1.42 bits per heavy atom. The molecule has 8 aromatic carbocycles. The lowest BCUT2D eigenvalue weighted by molar-refractivity contribution is -0.192. The summed E-state index contributed by atoms with van der Waals surface area (Å²) in [6.07, 6.45) is 6.54. The Hall–Kier alpha value is -11.5. The lowest BCUT2D eigenvalue weighted by atomic mass is 9.92. The predicted octanol–water partition coefficient (Wildman–Crippen LogP) is 19.5. The molecular formula is C82H71Cl10F5N17O12P. The topological polar surface area (TPSA) is 447 Å². The molecule has 0 spiro atoms. The number of H-pyrrole nitrogens is 1. The summed E-state index contributed by atoms with van der Waals surface area (Å²) in [6, 6.07) is 39.1. The second-order valence-corrected chi connectivity index (χ2v) is 36.7. The van der Waals surface area contributed by atoms with Gasteiger partial charge in [-0.3, -0.25) is 38.9 Å². The van der Waals surface area contributed by atoms with Crippen molar-refractivity contribution in [2.45, 2.75) is 51.0 Å². The highest BCUT2D eigenvalue weighted by molar-refractivity contribution is 8.24. The van der Waals surface area contributed by atoms with Gasteiger partial charge in [0.2, 0.25) is 11.2 Å². The fourth-order valence-electron chi connectivity index (χ4n) is 10.9. The number of halogens is 15. The zero-order valence-electron chi connectivity index (χ0n) is 66.4. The molecule has 0 saturated carbocycles. The van der Waals surface area contributed by atoms with Gasteiger partial charge in [-0.25, -0.2) is 52.9 Å². The molecule has 12 N–H and O–H groups in total. The van der Waals surface area contributed by atoms with Crippen molar-refractivity contribution in [2.24, 2.45) is 0 Å². The fourth-order valence-corrected chi connectivity index (χ4v) is 12.1. The molecule has 666 valence electrons. The number of rotatable bonds is 10. The molecule has 0 unspecified atom stereocenters. The van der Waals surface area contributed by atoms with Crippen LogP contribution in [-0.2, 0) is 20.7 Å². The number of amides is 3. The molecule has 2 aliphatic heterocycles. The molecule has 5 aromatic heterocycles. The average molecular weight is 1970 g/mol. The van der Waals surface area contributed by atoms with Crippen molar-refractivity contribution in [1.29, 1.82) is 0 Å².